The van der Waals surface area contributed by atoms with E-state index in [0.717, 1.165) is 12.8 Å². The van der Waals surface area contributed by atoms with Crippen LogP contribution in [0.2, 0.25) is 0 Å². The molecule has 0 aromatic rings. The standard InChI is InChI=1S/C16H26N2O4/c1-9-5-4-6-13(10(9)2)18-8-12(7-14(18)19)16(21)22-11(3)15(17)20/h9-13H,4-8H2,1-3H3,(H2,17,20)/t9-,10+,11-,12+,13+/m0/s1. The lowest BCUT2D eigenvalue weighted by Crippen LogP contribution is -2.45. The van der Waals surface area contributed by atoms with Crippen LogP contribution >= 0.6 is 0 Å². The van der Waals surface area contributed by atoms with Crippen molar-refractivity contribution < 1.29 is 19.1 Å². The summed E-state index contributed by atoms with van der Waals surface area (Å²) in [5.41, 5.74) is 5.09. The smallest absolute Gasteiger partial charge is 0.312 e. The first-order valence-electron chi connectivity index (χ1n) is 8.10. The Morgan fingerprint density at radius 3 is 2.64 bits per heavy atom. The summed E-state index contributed by atoms with van der Waals surface area (Å²) in [6.45, 7) is 6.24. The Labute approximate surface area is 131 Å². The van der Waals surface area contributed by atoms with Gasteiger partial charge in [-0.15, -0.1) is 0 Å². The maximum absolute atomic E-state index is 12.3. The van der Waals surface area contributed by atoms with Crippen LogP contribution in [0.3, 0.4) is 0 Å². The largest absolute Gasteiger partial charge is 0.452 e. The molecule has 5 atom stereocenters. The molecule has 6 heteroatoms. The minimum Gasteiger partial charge on any atom is -0.452 e. The van der Waals surface area contributed by atoms with Crippen molar-refractivity contribution in [2.24, 2.45) is 23.5 Å². The van der Waals surface area contributed by atoms with E-state index in [0.29, 0.717) is 18.4 Å². The predicted molar refractivity (Wildman–Crippen MR) is 80.5 cm³/mol. The minimum absolute atomic E-state index is 0.0135. The van der Waals surface area contributed by atoms with Gasteiger partial charge in [-0.2, -0.15) is 0 Å². The fraction of sp³-hybridized carbons (Fsp3) is 0.812. The number of likely N-dealkylation sites (tertiary alicyclic amines) is 1. The molecule has 1 heterocycles. The Hall–Kier alpha value is -1.59. The molecule has 2 rings (SSSR count). The van der Waals surface area contributed by atoms with Crippen molar-refractivity contribution >= 4 is 17.8 Å². The second-order valence-corrected chi connectivity index (χ2v) is 6.76. The maximum atomic E-state index is 12.3. The van der Waals surface area contributed by atoms with Crippen LogP contribution in [-0.2, 0) is 19.1 Å². The zero-order chi connectivity index (χ0) is 16.4. The number of rotatable bonds is 4. The number of carbonyl (C=O) groups is 3. The minimum atomic E-state index is -0.953. The van der Waals surface area contributed by atoms with E-state index >= 15 is 0 Å². The summed E-state index contributed by atoms with van der Waals surface area (Å²) < 4.78 is 5.04. The third kappa shape index (κ3) is 3.42. The zero-order valence-corrected chi connectivity index (χ0v) is 13.6. The Morgan fingerprint density at radius 2 is 2.00 bits per heavy atom. The fourth-order valence-corrected chi connectivity index (χ4v) is 3.53. The molecule has 0 unspecified atom stereocenters. The van der Waals surface area contributed by atoms with Crippen molar-refractivity contribution in [3.8, 4) is 0 Å². The van der Waals surface area contributed by atoms with Crippen molar-refractivity contribution in [2.75, 3.05) is 6.54 Å². The third-order valence-corrected chi connectivity index (χ3v) is 5.25. The van der Waals surface area contributed by atoms with Crippen LogP contribution < -0.4 is 5.73 Å². The van der Waals surface area contributed by atoms with Crippen molar-refractivity contribution in [3.63, 3.8) is 0 Å². The van der Waals surface area contributed by atoms with Crippen molar-refractivity contribution in [1.82, 2.24) is 4.90 Å². The second-order valence-electron chi connectivity index (χ2n) is 6.76. The van der Waals surface area contributed by atoms with Crippen LogP contribution in [0.5, 0.6) is 0 Å². The average Bonchev–Trinajstić information content (AvgIpc) is 2.83. The van der Waals surface area contributed by atoms with Gasteiger partial charge in [0.2, 0.25) is 5.91 Å². The molecule has 1 aliphatic heterocycles. The van der Waals surface area contributed by atoms with Crippen molar-refractivity contribution in [3.05, 3.63) is 0 Å². The van der Waals surface area contributed by atoms with Crippen LogP contribution in [0.1, 0.15) is 46.5 Å². The highest BCUT2D eigenvalue weighted by Gasteiger charge is 2.42. The SMILES string of the molecule is C[C@H]1[C@H](N2C[C@H](C(=O)O[C@@H](C)C(N)=O)CC2=O)CCC[C@@H]1C. The first-order valence-corrected chi connectivity index (χ1v) is 8.10. The summed E-state index contributed by atoms with van der Waals surface area (Å²) in [7, 11) is 0. The molecule has 2 fully saturated rings. The molecule has 0 radical (unpaired) electrons. The van der Waals surface area contributed by atoms with Gasteiger partial charge in [-0.25, -0.2) is 0 Å². The van der Waals surface area contributed by atoms with E-state index in [-0.39, 0.29) is 18.4 Å². The van der Waals surface area contributed by atoms with Crippen LogP contribution in [0.25, 0.3) is 0 Å². The van der Waals surface area contributed by atoms with Gasteiger partial charge in [0.25, 0.3) is 5.91 Å². The van der Waals surface area contributed by atoms with E-state index in [1.807, 2.05) is 4.90 Å². The number of primary amides is 1. The molecule has 1 saturated carbocycles. The monoisotopic (exact) mass is 310 g/mol. The normalized spacial score (nSPS) is 33.6. The van der Waals surface area contributed by atoms with Crippen molar-refractivity contribution in [1.29, 1.82) is 0 Å². The molecule has 0 bridgehead atoms. The quantitative estimate of drug-likeness (QED) is 0.787. The molecular weight excluding hydrogens is 284 g/mol. The molecule has 2 amide bonds. The first kappa shape index (κ1) is 16.8. The number of hydrogen-bond acceptors (Lipinski definition) is 4. The average molecular weight is 310 g/mol. The second kappa shape index (κ2) is 6.67. The Bertz CT molecular complexity index is 465. The highest BCUT2D eigenvalue weighted by molar-refractivity contribution is 5.88. The van der Waals surface area contributed by atoms with E-state index in [4.69, 9.17) is 10.5 Å². The van der Waals surface area contributed by atoms with Gasteiger partial charge >= 0.3 is 5.97 Å². The maximum Gasteiger partial charge on any atom is 0.312 e. The van der Waals surface area contributed by atoms with Crippen LogP contribution in [0.4, 0.5) is 0 Å². The van der Waals surface area contributed by atoms with Crippen molar-refractivity contribution in [2.45, 2.75) is 58.6 Å². The molecule has 0 aromatic carbocycles. The van der Waals surface area contributed by atoms with E-state index in [1.165, 1.54) is 13.3 Å². The van der Waals surface area contributed by atoms with E-state index in [2.05, 4.69) is 13.8 Å². The van der Waals surface area contributed by atoms with Gasteiger partial charge in [0, 0.05) is 19.0 Å². The number of nitrogens with zero attached hydrogens (tertiary/aromatic N) is 1. The molecule has 0 spiro atoms. The van der Waals surface area contributed by atoms with Gasteiger partial charge in [0.05, 0.1) is 5.92 Å². The lowest BCUT2D eigenvalue weighted by Gasteiger charge is -2.39. The predicted octanol–water partition coefficient (Wildman–Crippen LogP) is 1.08. The summed E-state index contributed by atoms with van der Waals surface area (Å²) in [6, 6.07) is 0.211. The Balaban J connectivity index is 1.98. The first-order chi connectivity index (χ1) is 10.3. The number of nitrogens with two attached hydrogens (primary N) is 1. The molecule has 2 N–H and O–H groups in total. The van der Waals surface area contributed by atoms with E-state index in [1.54, 1.807) is 0 Å². The lowest BCUT2D eigenvalue weighted by atomic mass is 9.77. The number of carbonyl (C=O) groups excluding carboxylic acids is 3. The number of amides is 2. The molecule has 22 heavy (non-hydrogen) atoms. The van der Waals surface area contributed by atoms with Crippen LogP contribution in [-0.4, -0.2) is 41.4 Å². The van der Waals surface area contributed by atoms with Gasteiger partial charge < -0.3 is 15.4 Å². The van der Waals surface area contributed by atoms with Gasteiger partial charge in [-0.3, -0.25) is 14.4 Å². The van der Waals surface area contributed by atoms with Gasteiger partial charge in [0.15, 0.2) is 6.10 Å². The summed E-state index contributed by atoms with van der Waals surface area (Å²) >= 11 is 0. The van der Waals surface area contributed by atoms with E-state index < -0.39 is 23.9 Å². The number of ether oxygens (including phenoxy) is 1. The molecular formula is C16H26N2O4. The number of hydrogen-bond donors (Lipinski definition) is 1. The molecule has 124 valence electrons. The lowest BCUT2D eigenvalue weighted by molar-refractivity contribution is -0.157. The highest BCUT2D eigenvalue weighted by Crippen LogP contribution is 2.35. The fourth-order valence-electron chi connectivity index (χ4n) is 3.53. The molecule has 1 aliphatic carbocycles. The highest BCUT2D eigenvalue weighted by atomic mass is 16.5. The van der Waals surface area contributed by atoms with Gasteiger partial charge in [-0.05, 0) is 25.2 Å². The Morgan fingerprint density at radius 1 is 1.32 bits per heavy atom. The zero-order valence-electron chi connectivity index (χ0n) is 13.6. The molecule has 2 aliphatic rings. The third-order valence-electron chi connectivity index (χ3n) is 5.25. The summed E-state index contributed by atoms with van der Waals surface area (Å²) in [5.74, 6) is -0.620. The van der Waals surface area contributed by atoms with Gasteiger partial charge in [-0.1, -0.05) is 26.7 Å². The number of esters is 1. The Kier molecular flexibility index (Phi) is 5.08. The van der Waals surface area contributed by atoms with E-state index in [9.17, 15) is 14.4 Å². The molecule has 0 aromatic heterocycles. The molecule has 6 nitrogen and oxygen atoms in total. The van der Waals surface area contributed by atoms with Crippen LogP contribution in [0, 0.1) is 17.8 Å². The summed E-state index contributed by atoms with van der Waals surface area (Å²) in [5, 5.41) is 0. The van der Waals surface area contributed by atoms with Crippen LogP contribution in [0.15, 0.2) is 0 Å². The molecule has 1 saturated heterocycles. The topological polar surface area (TPSA) is 89.7 Å². The summed E-state index contributed by atoms with van der Waals surface area (Å²) in [4.78, 5) is 37.2. The summed E-state index contributed by atoms with van der Waals surface area (Å²) in [6.07, 6.45) is 2.53. The van der Waals surface area contributed by atoms with Gasteiger partial charge in [0.1, 0.15) is 0 Å².